The fourth-order valence-electron chi connectivity index (χ4n) is 2.58. The van der Waals surface area contributed by atoms with Crippen LogP contribution in [0.25, 0.3) is 5.57 Å². The maximum Gasteiger partial charge on any atom is 0.306 e. The Labute approximate surface area is 94.9 Å². The van der Waals surface area contributed by atoms with E-state index in [-0.39, 0.29) is 12.1 Å². The molecule has 0 aromatic heterocycles. The van der Waals surface area contributed by atoms with E-state index in [1.165, 1.54) is 11.1 Å². The Balaban J connectivity index is 1.88. The van der Waals surface area contributed by atoms with Gasteiger partial charge in [0.05, 0.1) is 6.42 Å². The van der Waals surface area contributed by atoms with E-state index in [9.17, 15) is 4.79 Å². The van der Waals surface area contributed by atoms with Gasteiger partial charge in [-0.05, 0) is 30.1 Å². The topological polar surface area (TPSA) is 26.3 Å². The molecule has 0 radical (unpaired) electrons. The van der Waals surface area contributed by atoms with E-state index in [0.717, 1.165) is 12.8 Å². The minimum absolute atomic E-state index is 0.0245. The molecule has 1 aromatic carbocycles. The van der Waals surface area contributed by atoms with Gasteiger partial charge in [-0.1, -0.05) is 30.3 Å². The van der Waals surface area contributed by atoms with Crippen LogP contribution in [0.15, 0.2) is 36.4 Å². The van der Waals surface area contributed by atoms with Crippen molar-refractivity contribution in [3.63, 3.8) is 0 Å². The molecule has 1 saturated heterocycles. The van der Waals surface area contributed by atoms with Crippen molar-refractivity contribution < 1.29 is 9.53 Å². The van der Waals surface area contributed by atoms with Crippen molar-refractivity contribution in [1.29, 1.82) is 0 Å². The summed E-state index contributed by atoms with van der Waals surface area (Å²) in [6.07, 6.45) is 4.88. The monoisotopic (exact) mass is 214 g/mol. The number of carbonyl (C=O) groups is 1. The van der Waals surface area contributed by atoms with E-state index in [0.29, 0.717) is 12.3 Å². The minimum Gasteiger partial charge on any atom is -0.458 e. The first-order valence-electron chi connectivity index (χ1n) is 5.78. The van der Waals surface area contributed by atoms with Crippen LogP contribution in [0.2, 0.25) is 0 Å². The number of fused-ring (bicyclic) bond motifs is 1. The van der Waals surface area contributed by atoms with Crippen LogP contribution in [0.1, 0.15) is 24.8 Å². The Morgan fingerprint density at radius 1 is 1.19 bits per heavy atom. The minimum atomic E-state index is -0.0411. The van der Waals surface area contributed by atoms with Gasteiger partial charge in [0.15, 0.2) is 0 Å². The molecule has 0 saturated carbocycles. The van der Waals surface area contributed by atoms with Crippen molar-refractivity contribution in [3.05, 3.63) is 42.0 Å². The third kappa shape index (κ3) is 1.64. The summed E-state index contributed by atoms with van der Waals surface area (Å²) in [4.78, 5) is 11.2. The van der Waals surface area contributed by atoms with Gasteiger partial charge in [0.2, 0.25) is 0 Å². The molecule has 3 rings (SSSR count). The molecule has 2 aliphatic rings. The third-order valence-electron chi connectivity index (χ3n) is 3.46. The highest BCUT2D eigenvalue weighted by atomic mass is 16.5. The van der Waals surface area contributed by atoms with Crippen molar-refractivity contribution in [2.24, 2.45) is 5.92 Å². The Bertz CT molecular complexity index is 433. The van der Waals surface area contributed by atoms with Crippen LogP contribution >= 0.6 is 0 Å². The first-order valence-corrected chi connectivity index (χ1v) is 5.78. The molecule has 1 aromatic rings. The van der Waals surface area contributed by atoms with E-state index < -0.39 is 0 Å². The van der Waals surface area contributed by atoms with Crippen LogP contribution in [0.3, 0.4) is 0 Å². The average Bonchev–Trinajstić information content (AvgIpc) is 2.69. The summed E-state index contributed by atoms with van der Waals surface area (Å²) in [5.41, 5.74) is 2.57. The largest absolute Gasteiger partial charge is 0.458 e. The normalized spacial score (nSPS) is 28.2. The van der Waals surface area contributed by atoms with Gasteiger partial charge in [-0.2, -0.15) is 0 Å². The summed E-state index contributed by atoms with van der Waals surface area (Å²) in [5, 5.41) is 0. The summed E-state index contributed by atoms with van der Waals surface area (Å²) in [6.45, 7) is 0. The third-order valence-corrected chi connectivity index (χ3v) is 3.46. The van der Waals surface area contributed by atoms with Crippen molar-refractivity contribution in [1.82, 2.24) is 0 Å². The van der Waals surface area contributed by atoms with Crippen LogP contribution in [0.5, 0.6) is 0 Å². The highest BCUT2D eigenvalue weighted by Gasteiger charge is 2.35. The molecule has 82 valence electrons. The number of rotatable bonds is 1. The number of allylic oxidation sites excluding steroid dienone is 1. The van der Waals surface area contributed by atoms with E-state index in [1.54, 1.807) is 0 Å². The van der Waals surface area contributed by atoms with Gasteiger partial charge in [0, 0.05) is 5.92 Å². The highest BCUT2D eigenvalue weighted by Crippen LogP contribution is 2.37. The van der Waals surface area contributed by atoms with Gasteiger partial charge in [-0.25, -0.2) is 0 Å². The maximum absolute atomic E-state index is 11.2. The van der Waals surface area contributed by atoms with Gasteiger partial charge in [0.1, 0.15) is 6.10 Å². The molecule has 2 nitrogen and oxygen atoms in total. The molecule has 2 atom stereocenters. The smallest absolute Gasteiger partial charge is 0.306 e. The first-order chi connectivity index (χ1) is 7.83. The SMILES string of the molecule is O=C1C[C@@H]2CCC(c3ccccc3)=C[C@@H]2O1. The molecule has 16 heavy (non-hydrogen) atoms. The lowest BCUT2D eigenvalue weighted by atomic mass is 9.84. The fraction of sp³-hybridized carbons (Fsp3) is 0.357. The average molecular weight is 214 g/mol. The first kappa shape index (κ1) is 9.64. The number of carbonyl (C=O) groups excluding carboxylic acids is 1. The fourth-order valence-corrected chi connectivity index (χ4v) is 2.58. The van der Waals surface area contributed by atoms with Gasteiger partial charge < -0.3 is 4.74 Å². The molecule has 0 N–H and O–H groups in total. The lowest BCUT2D eigenvalue weighted by Crippen LogP contribution is -2.17. The standard InChI is InChI=1S/C14H14O2/c15-14-9-12-7-6-11(8-13(12)16-14)10-4-2-1-3-5-10/h1-5,8,12-13H,6-7,9H2/t12-,13-/m0/s1. The maximum atomic E-state index is 11.2. The van der Waals surface area contributed by atoms with Gasteiger partial charge in [0.25, 0.3) is 0 Å². The summed E-state index contributed by atoms with van der Waals surface area (Å²) >= 11 is 0. The number of ether oxygens (including phenoxy) is 1. The second-order valence-corrected chi connectivity index (χ2v) is 4.52. The van der Waals surface area contributed by atoms with E-state index in [4.69, 9.17) is 4.74 Å². The second kappa shape index (κ2) is 3.78. The van der Waals surface area contributed by atoms with Gasteiger partial charge in [-0.15, -0.1) is 0 Å². The van der Waals surface area contributed by atoms with Gasteiger partial charge in [-0.3, -0.25) is 4.79 Å². The lowest BCUT2D eigenvalue weighted by Gasteiger charge is -2.22. The second-order valence-electron chi connectivity index (χ2n) is 4.52. The van der Waals surface area contributed by atoms with Crippen LogP contribution in [-0.2, 0) is 9.53 Å². The lowest BCUT2D eigenvalue weighted by molar-refractivity contribution is -0.140. The van der Waals surface area contributed by atoms with Crippen LogP contribution in [0.4, 0.5) is 0 Å². The molecule has 0 spiro atoms. The van der Waals surface area contributed by atoms with E-state index >= 15 is 0 Å². The molecular formula is C14H14O2. The predicted molar refractivity (Wildman–Crippen MR) is 61.6 cm³/mol. The summed E-state index contributed by atoms with van der Waals surface area (Å²) in [5.74, 6) is 0.375. The summed E-state index contributed by atoms with van der Waals surface area (Å²) in [7, 11) is 0. The zero-order valence-electron chi connectivity index (χ0n) is 9.06. The molecule has 1 aliphatic carbocycles. The zero-order chi connectivity index (χ0) is 11.0. The molecule has 1 heterocycles. The van der Waals surface area contributed by atoms with Crippen LogP contribution < -0.4 is 0 Å². The molecule has 0 amide bonds. The number of esters is 1. The van der Waals surface area contributed by atoms with Crippen molar-refractivity contribution in [2.45, 2.75) is 25.4 Å². The highest BCUT2D eigenvalue weighted by molar-refractivity contribution is 5.75. The Morgan fingerprint density at radius 2 is 2.00 bits per heavy atom. The zero-order valence-corrected chi connectivity index (χ0v) is 9.06. The predicted octanol–water partition coefficient (Wildman–Crippen LogP) is 2.80. The number of benzene rings is 1. The Kier molecular flexibility index (Phi) is 2.28. The van der Waals surface area contributed by atoms with Gasteiger partial charge >= 0.3 is 5.97 Å². The summed E-state index contributed by atoms with van der Waals surface area (Å²) < 4.78 is 5.30. The quantitative estimate of drug-likeness (QED) is 0.672. The summed E-state index contributed by atoms with van der Waals surface area (Å²) in [6, 6.07) is 10.3. The van der Waals surface area contributed by atoms with Crippen molar-refractivity contribution in [2.75, 3.05) is 0 Å². The Morgan fingerprint density at radius 3 is 2.81 bits per heavy atom. The van der Waals surface area contributed by atoms with E-state index in [2.05, 4.69) is 18.2 Å². The molecule has 1 fully saturated rings. The number of hydrogen-bond acceptors (Lipinski definition) is 2. The van der Waals surface area contributed by atoms with Crippen LogP contribution in [0, 0.1) is 5.92 Å². The molecule has 0 unspecified atom stereocenters. The Hall–Kier alpha value is -1.57. The van der Waals surface area contributed by atoms with E-state index in [1.807, 2.05) is 18.2 Å². The number of hydrogen-bond donors (Lipinski definition) is 0. The molecule has 0 bridgehead atoms. The van der Waals surface area contributed by atoms with Crippen LogP contribution in [-0.4, -0.2) is 12.1 Å². The van der Waals surface area contributed by atoms with Crippen molar-refractivity contribution in [3.8, 4) is 0 Å². The van der Waals surface area contributed by atoms with Crippen molar-refractivity contribution >= 4 is 11.5 Å². The molecule has 2 heteroatoms. The molecule has 1 aliphatic heterocycles. The molecular weight excluding hydrogens is 200 g/mol.